The zero-order valence-corrected chi connectivity index (χ0v) is 15.2. The van der Waals surface area contributed by atoms with Crippen molar-refractivity contribution >= 4 is 15.9 Å². The van der Waals surface area contributed by atoms with E-state index in [9.17, 15) is 13.2 Å². The van der Waals surface area contributed by atoms with E-state index in [0.717, 1.165) is 12.1 Å². The van der Waals surface area contributed by atoms with E-state index in [2.05, 4.69) is 5.32 Å². The van der Waals surface area contributed by atoms with Gasteiger partial charge in [0.25, 0.3) is 0 Å². The normalized spacial score (nSPS) is 29.6. The Hall–Kier alpha value is -1.44. The van der Waals surface area contributed by atoms with Crippen LogP contribution in [-0.4, -0.2) is 50.5 Å². The Morgan fingerprint density at radius 2 is 2.12 bits per heavy atom. The van der Waals surface area contributed by atoms with Crippen LogP contribution in [0.3, 0.4) is 0 Å². The summed E-state index contributed by atoms with van der Waals surface area (Å²) in [5, 5.41) is 3.00. The molecule has 136 valence electrons. The highest BCUT2D eigenvalue weighted by molar-refractivity contribution is 7.89. The number of hydrogen-bond acceptors (Lipinski definition) is 4. The Morgan fingerprint density at radius 1 is 1.32 bits per heavy atom. The van der Waals surface area contributed by atoms with Crippen molar-refractivity contribution in [2.24, 2.45) is 11.8 Å². The molecule has 0 unspecified atom stereocenters. The smallest absolute Gasteiger partial charge is 0.243 e. The molecule has 3 atom stereocenters. The first kappa shape index (κ1) is 17.0. The lowest BCUT2D eigenvalue weighted by molar-refractivity contribution is -0.127. The van der Waals surface area contributed by atoms with Gasteiger partial charge in [-0.2, -0.15) is 4.31 Å². The molecule has 4 rings (SSSR count). The van der Waals surface area contributed by atoms with Crippen molar-refractivity contribution in [2.75, 3.05) is 19.6 Å². The van der Waals surface area contributed by atoms with Gasteiger partial charge in [0, 0.05) is 19.6 Å². The highest BCUT2D eigenvalue weighted by Gasteiger charge is 2.47. The Labute approximate surface area is 148 Å². The van der Waals surface area contributed by atoms with Gasteiger partial charge in [-0.05, 0) is 49.8 Å². The van der Waals surface area contributed by atoms with Crippen LogP contribution in [0.25, 0.3) is 0 Å². The van der Waals surface area contributed by atoms with Crippen LogP contribution < -0.4 is 5.32 Å². The number of nitrogens with one attached hydrogen (secondary N) is 1. The summed E-state index contributed by atoms with van der Waals surface area (Å²) in [5.41, 5.74) is 0.912. The minimum atomic E-state index is -3.55. The van der Waals surface area contributed by atoms with Crippen molar-refractivity contribution in [2.45, 2.75) is 43.3 Å². The SMILES string of the molecule is Cc1cccc(S(=O)(=O)N2C[C@H]3C[C@H](C(=O)NCC4CC4)[C@@H](C2)O3)c1. The summed E-state index contributed by atoms with van der Waals surface area (Å²) < 4.78 is 33.2. The summed E-state index contributed by atoms with van der Waals surface area (Å²) in [6, 6.07) is 6.94. The zero-order valence-electron chi connectivity index (χ0n) is 14.3. The Morgan fingerprint density at radius 3 is 2.84 bits per heavy atom. The van der Waals surface area contributed by atoms with E-state index >= 15 is 0 Å². The van der Waals surface area contributed by atoms with Gasteiger partial charge in [-0.25, -0.2) is 8.42 Å². The molecular formula is C18H24N2O4S. The predicted molar refractivity (Wildman–Crippen MR) is 92.4 cm³/mol. The molecule has 6 nitrogen and oxygen atoms in total. The van der Waals surface area contributed by atoms with Crippen LogP contribution in [0.15, 0.2) is 29.2 Å². The van der Waals surface area contributed by atoms with Crippen molar-refractivity contribution in [3.8, 4) is 0 Å². The van der Waals surface area contributed by atoms with Gasteiger partial charge in [0.1, 0.15) is 0 Å². The van der Waals surface area contributed by atoms with E-state index < -0.39 is 10.0 Å². The van der Waals surface area contributed by atoms with E-state index in [-0.39, 0.29) is 30.6 Å². The molecule has 1 aromatic carbocycles. The molecule has 0 radical (unpaired) electrons. The zero-order chi connectivity index (χ0) is 17.6. The summed E-state index contributed by atoms with van der Waals surface area (Å²) in [6.45, 7) is 3.17. The van der Waals surface area contributed by atoms with Crippen LogP contribution in [0, 0.1) is 18.8 Å². The van der Waals surface area contributed by atoms with Gasteiger partial charge in [-0.15, -0.1) is 0 Å². The van der Waals surface area contributed by atoms with Crippen LogP contribution in [0.1, 0.15) is 24.8 Å². The van der Waals surface area contributed by atoms with Crippen LogP contribution in [0.4, 0.5) is 0 Å². The van der Waals surface area contributed by atoms with Gasteiger partial charge in [0.05, 0.1) is 23.0 Å². The quantitative estimate of drug-likeness (QED) is 0.854. The third kappa shape index (κ3) is 3.45. The van der Waals surface area contributed by atoms with Crippen LogP contribution in [-0.2, 0) is 19.6 Å². The molecule has 2 saturated heterocycles. The number of hydrogen-bond donors (Lipinski definition) is 1. The molecule has 7 heteroatoms. The largest absolute Gasteiger partial charge is 0.371 e. The number of carbonyl (C=O) groups excluding carboxylic acids is 1. The van der Waals surface area contributed by atoms with Crippen LogP contribution in [0.5, 0.6) is 0 Å². The van der Waals surface area contributed by atoms with Gasteiger partial charge >= 0.3 is 0 Å². The molecule has 1 saturated carbocycles. The molecule has 25 heavy (non-hydrogen) atoms. The number of morpholine rings is 1. The van der Waals surface area contributed by atoms with E-state index in [0.29, 0.717) is 23.8 Å². The molecule has 3 aliphatic rings. The third-order valence-corrected chi connectivity index (χ3v) is 7.18. The van der Waals surface area contributed by atoms with Gasteiger partial charge in [-0.3, -0.25) is 4.79 Å². The maximum atomic E-state index is 12.9. The van der Waals surface area contributed by atoms with Gasteiger partial charge in [0.2, 0.25) is 15.9 Å². The molecule has 2 bridgehead atoms. The van der Waals surface area contributed by atoms with Crippen molar-refractivity contribution in [3.05, 3.63) is 29.8 Å². The summed E-state index contributed by atoms with van der Waals surface area (Å²) in [7, 11) is -3.55. The lowest BCUT2D eigenvalue weighted by atomic mass is 9.99. The summed E-state index contributed by atoms with van der Waals surface area (Å²) in [6.07, 6.45) is 2.43. The van der Waals surface area contributed by atoms with Gasteiger partial charge in [0.15, 0.2) is 0 Å². The monoisotopic (exact) mass is 364 g/mol. The van der Waals surface area contributed by atoms with Crippen molar-refractivity contribution in [1.29, 1.82) is 0 Å². The summed E-state index contributed by atoms with van der Waals surface area (Å²) in [4.78, 5) is 12.7. The fourth-order valence-corrected chi connectivity index (χ4v) is 5.31. The minimum absolute atomic E-state index is 0.00852. The van der Waals surface area contributed by atoms with Gasteiger partial charge in [-0.1, -0.05) is 12.1 Å². The minimum Gasteiger partial charge on any atom is -0.371 e. The molecule has 2 aliphatic heterocycles. The fourth-order valence-electron chi connectivity index (χ4n) is 3.72. The van der Waals surface area contributed by atoms with Crippen molar-refractivity contribution < 1.29 is 17.9 Å². The number of ether oxygens (including phenoxy) is 1. The molecule has 1 aromatic rings. The molecule has 1 aliphatic carbocycles. The summed E-state index contributed by atoms with van der Waals surface area (Å²) >= 11 is 0. The van der Waals surface area contributed by atoms with Crippen molar-refractivity contribution in [1.82, 2.24) is 9.62 Å². The number of amides is 1. The lowest BCUT2D eigenvalue weighted by Crippen LogP contribution is -2.47. The fraction of sp³-hybridized carbons (Fsp3) is 0.611. The number of fused-ring (bicyclic) bond motifs is 2. The summed E-state index contributed by atoms with van der Waals surface area (Å²) in [5.74, 6) is 0.388. The second-order valence-corrected chi connectivity index (χ2v) is 9.40. The molecule has 2 heterocycles. The topological polar surface area (TPSA) is 75.7 Å². The maximum Gasteiger partial charge on any atom is 0.243 e. The lowest BCUT2D eigenvalue weighted by Gasteiger charge is -2.32. The Bertz CT molecular complexity index is 775. The van der Waals surface area contributed by atoms with Crippen molar-refractivity contribution in [3.63, 3.8) is 0 Å². The molecule has 0 spiro atoms. The predicted octanol–water partition coefficient (Wildman–Crippen LogP) is 1.30. The molecule has 1 N–H and O–H groups in total. The first-order valence-electron chi connectivity index (χ1n) is 8.93. The molecule has 1 amide bonds. The number of rotatable bonds is 5. The second-order valence-electron chi connectivity index (χ2n) is 7.47. The van der Waals surface area contributed by atoms with Crippen LogP contribution in [0.2, 0.25) is 0 Å². The third-order valence-electron chi connectivity index (χ3n) is 5.35. The maximum absolute atomic E-state index is 12.9. The average molecular weight is 364 g/mol. The Kier molecular flexibility index (Phi) is 4.33. The highest BCUT2D eigenvalue weighted by Crippen LogP contribution is 2.35. The number of sulfonamides is 1. The number of carbonyl (C=O) groups is 1. The van der Waals surface area contributed by atoms with E-state index in [4.69, 9.17) is 4.74 Å². The van der Waals surface area contributed by atoms with Crippen LogP contribution >= 0.6 is 0 Å². The van der Waals surface area contributed by atoms with E-state index in [1.54, 1.807) is 18.2 Å². The van der Waals surface area contributed by atoms with E-state index in [1.807, 2.05) is 13.0 Å². The molecular weight excluding hydrogens is 340 g/mol. The number of benzene rings is 1. The first-order valence-corrected chi connectivity index (χ1v) is 10.4. The van der Waals surface area contributed by atoms with E-state index in [1.165, 1.54) is 17.1 Å². The number of nitrogens with zero attached hydrogens (tertiary/aromatic N) is 1. The van der Waals surface area contributed by atoms with Gasteiger partial charge < -0.3 is 10.1 Å². The molecule has 0 aromatic heterocycles. The molecule has 3 fully saturated rings. The average Bonchev–Trinajstić information content (AvgIpc) is 3.37. The first-order chi connectivity index (χ1) is 11.9. The highest BCUT2D eigenvalue weighted by atomic mass is 32.2. The number of aryl methyl sites for hydroxylation is 1. The second kappa shape index (κ2) is 6.37. The standard InChI is InChI=1S/C18H24N2O4S/c1-12-3-2-4-15(7-12)25(22,23)20-10-14-8-16(17(11-20)24-14)18(21)19-9-13-5-6-13/h2-4,7,13-14,16-17H,5-6,8-11H2,1H3,(H,19,21)/t14-,16+,17-/m1/s1. The Balaban J connectivity index is 1.47.